The summed E-state index contributed by atoms with van der Waals surface area (Å²) in [6.07, 6.45) is 0.315. The van der Waals surface area contributed by atoms with E-state index in [0.29, 0.717) is 22.2 Å². The molecule has 2 aromatic carbocycles. The molecule has 0 saturated carbocycles. The summed E-state index contributed by atoms with van der Waals surface area (Å²) in [6.45, 7) is 1.98. The van der Waals surface area contributed by atoms with Gasteiger partial charge in [-0.1, -0.05) is 47.5 Å². The first-order valence-electron chi connectivity index (χ1n) is 5.85. The van der Waals surface area contributed by atoms with Gasteiger partial charge in [0, 0.05) is 5.02 Å². The van der Waals surface area contributed by atoms with Crippen LogP contribution in [0.1, 0.15) is 11.1 Å². The van der Waals surface area contributed by atoms with Crippen LogP contribution in [0.3, 0.4) is 0 Å². The lowest BCUT2D eigenvalue weighted by molar-refractivity contribution is -0.115. The molecule has 0 unspecified atom stereocenters. The molecule has 0 saturated heterocycles. The number of hydrogen-bond donors (Lipinski definition) is 1. The van der Waals surface area contributed by atoms with Crippen LogP contribution in [0.2, 0.25) is 10.0 Å². The molecule has 1 amide bonds. The lowest BCUT2D eigenvalue weighted by Gasteiger charge is -2.09. The number of carbonyl (C=O) groups excluding carboxylic acids is 1. The molecular weight excluding hydrogens is 281 g/mol. The van der Waals surface area contributed by atoms with E-state index in [9.17, 15) is 4.79 Å². The molecule has 19 heavy (non-hydrogen) atoms. The van der Waals surface area contributed by atoms with Gasteiger partial charge in [-0.15, -0.1) is 0 Å². The van der Waals surface area contributed by atoms with Crippen molar-refractivity contribution < 1.29 is 4.79 Å². The van der Waals surface area contributed by atoms with Crippen LogP contribution in [0.15, 0.2) is 42.5 Å². The number of amides is 1. The van der Waals surface area contributed by atoms with Crippen LogP contribution in [0.4, 0.5) is 5.69 Å². The average molecular weight is 294 g/mol. The van der Waals surface area contributed by atoms with Crippen LogP contribution in [0, 0.1) is 6.92 Å². The number of nitrogens with one attached hydrogen (secondary N) is 1. The first-order valence-corrected chi connectivity index (χ1v) is 6.61. The van der Waals surface area contributed by atoms with Gasteiger partial charge in [-0.05, 0) is 36.2 Å². The molecule has 0 heterocycles. The summed E-state index contributed by atoms with van der Waals surface area (Å²) in [7, 11) is 0. The Morgan fingerprint density at radius 2 is 1.89 bits per heavy atom. The third-order valence-corrected chi connectivity index (χ3v) is 3.38. The Balaban J connectivity index is 2.10. The molecule has 1 N–H and O–H groups in total. The molecule has 0 spiro atoms. The average Bonchev–Trinajstić information content (AvgIpc) is 2.37. The summed E-state index contributed by atoms with van der Waals surface area (Å²) < 4.78 is 0. The monoisotopic (exact) mass is 293 g/mol. The van der Waals surface area contributed by atoms with Crippen LogP contribution in [-0.2, 0) is 11.2 Å². The van der Waals surface area contributed by atoms with Gasteiger partial charge >= 0.3 is 0 Å². The third-order valence-electron chi connectivity index (χ3n) is 2.81. The standard InChI is InChI=1S/C15H13Cl2NO/c1-10-4-2-3-5-11(10)8-15(19)18-14-9-12(16)6-7-13(14)17/h2-7,9H,8H2,1H3,(H,18,19). The Kier molecular flexibility index (Phi) is 4.46. The van der Waals surface area contributed by atoms with Crippen LogP contribution < -0.4 is 5.32 Å². The first-order chi connectivity index (χ1) is 9.06. The topological polar surface area (TPSA) is 29.1 Å². The van der Waals surface area contributed by atoms with Crippen molar-refractivity contribution in [3.05, 3.63) is 63.6 Å². The summed E-state index contributed by atoms with van der Waals surface area (Å²) in [5.41, 5.74) is 2.63. The minimum atomic E-state index is -0.113. The molecule has 98 valence electrons. The van der Waals surface area contributed by atoms with Crippen molar-refractivity contribution in [2.75, 3.05) is 5.32 Å². The Labute approximate surface area is 122 Å². The van der Waals surface area contributed by atoms with Crippen LogP contribution >= 0.6 is 23.2 Å². The summed E-state index contributed by atoms with van der Waals surface area (Å²) in [4.78, 5) is 12.0. The minimum Gasteiger partial charge on any atom is -0.324 e. The van der Waals surface area contributed by atoms with E-state index in [2.05, 4.69) is 5.32 Å². The normalized spacial score (nSPS) is 10.3. The smallest absolute Gasteiger partial charge is 0.228 e. The lowest BCUT2D eigenvalue weighted by atomic mass is 10.1. The number of hydrogen-bond acceptors (Lipinski definition) is 1. The summed E-state index contributed by atoms with van der Waals surface area (Å²) in [5.74, 6) is -0.113. The van der Waals surface area contributed by atoms with Gasteiger partial charge in [-0.2, -0.15) is 0 Å². The predicted molar refractivity (Wildman–Crippen MR) is 80.0 cm³/mol. The fourth-order valence-corrected chi connectivity index (χ4v) is 2.11. The van der Waals surface area contributed by atoms with Crippen molar-refractivity contribution in [3.63, 3.8) is 0 Å². The highest BCUT2D eigenvalue weighted by atomic mass is 35.5. The van der Waals surface area contributed by atoms with Gasteiger partial charge in [-0.3, -0.25) is 4.79 Å². The number of aryl methyl sites for hydroxylation is 1. The van der Waals surface area contributed by atoms with Crippen molar-refractivity contribution in [1.29, 1.82) is 0 Å². The zero-order valence-corrected chi connectivity index (χ0v) is 11.9. The molecule has 2 aromatic rings. The highest BCUT2D eigenvalue weighted by Gasteiger charge is 2.08. The Bertz CT molecular complexity index is 611. The Morgan fingerprint density at radius 3 is 2.63 bits per heavy atom. The van der Waals surface area contributed by atoms with E-state index in [-0.39, 0.29) is 5.91 Å². The summed E-state index contributed by atoms with van der Waals surface area (Å²) in [6, 6.07) is 12.8. The fraction of sp³-hybridized carbons (Fsp3) is 0.133. The van der Waals surface area contributed by atoms with Crippen LogP contribution in [0.25, 0.3) is 0 Å². The zero-order valence-electron chi connectivity index (χ0n) is 10.4. The molecule has 0 fully saturated rings. The van der Waals surface area contributed by atoms with E-state index in [4.69, 9.17) is 23.2 Å². The van der Waals surface area contributed by atoms with Gasteiger partial charge < -0.3 is 5.32 Å². The van der Waals surface area contributed by atoms with Crippen LogP contribution in [-0.4, -0.2) is 5.91 Å². The molecular formula is C15H13Cl2NO. The summed E-state index contributed by atoms with van der Waals surface area (Å²) >= 11 is 11.9. The van der Waals surface area contributed by atoms with E-state index in [1.54, 1.807) is 18.2 Å². The van der Waals surface area contributed by atoms with Crippen molar-refractivity contribution >= 4 is 34.8 Å². The highest BCUT2D eigenvalue weighted by molar-refractivity contribution is 6.35. The maximum atomic E-state index is 12.0. The number of halogens is 2. The SMILES string of the molecule is Cc1ccccc1CC(=O)Nc1cc(Cl)ccc1Cl. The number of carbonyl (C=O) groups is 1. The lowest BCUT2D eigenvalue weighted by Crippen LogP contribution is -2.15. The molecule has 0 aliphatic rings. The van der Waals surface area contributed by atoms with Crippen molar-refractivity contribution in [3.8, 4) is 0 Å². The van der Waals surface area contributed by atoms with Crippen LogP contribution in [0.5, 0.6) is 0 Å². The molecule has 0 aromatic heterocycles. The maximum absolute atomic E-state index is 12.0. The van der Waals surface area contributed by atoms with Gasteiger partial charge in [-0.25, -0.2) is 0 Å². The van der Waals surface area contributed by atoms with E-state index in [1.165, 1.54) is 0 Å². The van der Waals surface area contributed by atoms with Gasteiger partial charge in [0.25, 0.3) is 0 Å². The molecule has 4 heteroatoms. The molecule has 0 radical (unpaired) electrons. The highest BCUT2D eigenvalue weighted by Crippen LogP contribution is 2.25. The third kappa shape index (κ3) is 3.72. The van der Waals surface area contributed by atoms with E-state index in [0.717, 1.165) is 11.1 Å². The molecule has 0 atom stereocenters. The molecule has 2 rings (SSSR count). The molecule has 0 bridgehead atoms. The Hall–Kier alpha value is -1.51. The number of benzene rings is 2. The van der Waals surface area contributed by atoms with Gasteiger partial charge in [0.1, 0.15) is 0 Å². The first kappa shape index (κ1) is 13.9. The number of anilines is 1. The van der Waals surface area contributed by atoms with Gasteiger partial charge in [0.05, 0.1) is 17.1 Å². The predicted octanol–water partition coefficient (Wildman–Crippen LogP) is 4.48. The van der Waals surface area contributed by atoms with E-state index in [1.807, 2.05) is 31.2 Å². The zero-order chi connectivity index (χ0) is 13.8. The molecule has 0 aliphatic heterocycles. The van der Waals surface area contributed by atoms with E-state index >= 15 is 0 Å². The van der Waals surface area contributed by atoms with Gasteiger partial charge in [0.15, 0.2) is 0 Å². The van der Waals surface area contributed by atoms with E-state index < -0.39 is 0 Å². The van der Waals surface area contributed by atoms with Gasteiger partial charge in [0.2, 0.25) is 5.91 Å². The van der Waals surface area contributed by atoms with Crippen molar-refractivity contribution in [2.24, 2.45) is 0 Å². The van der Waals surface area contributed by atoms with Crippen molar-refractivity contribution in [2.45, 2.75) is 13.3 Å². The minimum absolute atomic E-state index is 0.113. The molecule has 2 nitrogen and oxygen atoms in total. The number of rotatable bonds is 3. The second-order valence-corrected chi connectivity index (χ2v) is 5.12. The second kappa shape index (κ2) is 6.09. The quantitative estimate of drug-likeness (QED) is 0.888. The summed E-state index contributed by atoms with van der Waals surface area (Å²) in [5, 5.41) is 3.78. The Morgan fingerprint density at radius 1 is 1.16 bits per heavy atom. The second-order valence-electron chi connectivity index (χ2n) is 4.28. The van der Waals surface area contributed by atoms with Crippen molar-refractivity contribution in [1.82, 2.24) is 0 Å². The largest absolute Gasteiger partial charge is 0.324 e. The molecule has 0 aliphatic carbocycles. The maximum Gasteiger partial charge on any atom is 0.228 e. The fourth-order valence-electron chi connectivity index (χ4n) is 1.77.